The summed E-state index contributed by atoms with van der Waals surface area (Å²) in [6.07, 6.45) is 1.31. The molecule has 0 heterocycles. The first-order chi connectivity index (χ1) is 6.44. The van der Waals surface area contributed by atoms with Crippen molar-refractivity contribution in [2.24, 2.45) is 0 Å². The van der Waals surface area contributed by atoms with Gasteiger partial charge in [-0.25, -0.2) is 0 Å². The summed E-state index contributed by atoms with van der Waals surface area (Å²) in [5.41, 5.74) is 0.319. The molecule has 1 N–H and O–H groups in total. The van der Waals surface area contributed by atoms with Crippen molar-refractivity contribution in [1.82, 2.24) is 0 Å². The Morgan fingerprint density at radius 3 is 2.64 bits per heavy atom. The number of halogens is 2. The fourth-order valence-corrected chi connectivity index (χ4v) is 1.94. The van der Waals surface area contributed by atoms with Gasteiger partial charge < -0.3 is 5.11 Å². The Kier molecular flexibility index (Phi) is 3.99. The molecule has 0 bridgehead atoms. The Hall–Kier alpha value is -0.0500. The molecule has 1 rings (SSSR count). The molecule has 0 amide bonds. The first-order valence-corrected chi connectivity index (χ1v) is 5.78. The van der Waals surface area contributed by atoms with E-state index in [-0.39, 0.29) is 0 Å². The highest BCUT2D eigenvalue weighted by atomic mass is 79.9. The average molecular weight is 278 g/mol. The van der Waals surface area contributed by atoms with Crippen molar-refractivity contribution in [3.63, 3.8) is 0 Å². The van der Waals surface area contributed by atoms with Crippen molar-refractivity contribution in [3.05, 3.63) is 33.3 Å². The van der Waals surface area contributed by atoms with Gasteiger partial charge in [0.2, 0.25) is 0 Å². The molecule has 14 heavy (non-hydrogen) atoms. The summed E-state index contributed by atoms with van der Waals surface area (Å²) >= 11 is 9.40. The van der Waals surface area contributed by atoms with Crippen molar-refractivity contribution in [1.29, 1.82) is 0 Å². The molecule has 0 fully saturated rings. The van der Waals surface area contributed by atoms with Crippen molar-refractivity contribution < 1.29 is 5.11 Å². The zero-order chi connectivity index (χ0) is 10.8. The highest BCUT2D eigenvalue weighted by molar-refractivity contribution is 9.10. The van der Waals surface area contributed by atoms with Gasteiger partial charge in [0, 0.05) is 15.9 Å². The third kappa shape index (κ3) is 3.26. The van der Waals surface area contributed by atoms with E-state index in [1.165, 1.54) is 0 Å². The van der Waals surface area contributed by atoms with Crippen LogP contribution in [0.1, 0.15) is 25.8 Å². The van der Waals surface area contributed by atoms with Gasteiger partial charge in [-0.15, -0.1) is 0 Å². The molecule has 0 spiro atoms. The van der Waals surface area contributed by atoms with Gasteiger partial charge in [-0.3, -0.25) is 0 Å². The van der Waals surface area contributed by atoms with Crippen molar-refractivity contribution in [2.75, 3.05) is 0 Å². The molecular weight excluding hydrogens is 263 g/mol. The summed E-state index contributed by atoms with van der Waals surface area (Å²) in [4.78, 5) is 0. The maximum Gasteiger partial charge on any atom is 0.0657 e. The minimum absolute atomic E-state index is 0.593. The third-order valence-electron chi connectivity index (χ3n) is 2.35. The lowest BCUT2D eigenvalue weighted by atomic mass is 9.94. The summed E-state index contributed by atoms with van der Waals surface area (Å²) in [6, 6.07) is 5.73. The van der Waals surface area contributed by atoms with Gasteiger partial charge in [0.05, 0.1) is 5.60 Å². The summed E-state index contributed by atoms with van der Waals surface area (Å²) < 4.78 is 0.961. The lowest BCUT2D eigenvalue weighted by Gasteiger charge is -2.21. The number of hydrogen-bond acceptors (Lipinski definition) is 1. The predicted octanol–water partition coefficient (Wildman–Crippen LogP) is 3.81. The van der Waals surface area contributed by atoms with Crippen LogP contribution in [0.15, 0.2) is 22.7 Å². The molecule has 78 valence electrons. The Bertz CT molecular complexity index is 323. The lowest BCUT2D eigenvalue weighted by Crippen LogP contribution is -2.25. The Balaban J connectivity index is 2.87. The Morgan fingerprint density at radius 2 is 2.14 bits per heavy atom. The quantitative estimate of drug-likeness (QED) is 0.891. The van der Waals surface area contributed by atoms with E-state index in [1.54, 1.807) is 0 Å². The molecule has 1 unspecified atom stereocenters. The fourth-order valence-electron chi connectivity index (χ4n) is 1.20. The molecule has 0 aliphatic rings. The molecule has 0 aliphatic carbocycles. The van der Waals surface area contributed by atoms with Crippen LogP contribution in [0.3, 0.4) is 0 Å². The predicted molar refractivity (Wildman–Crippen MR) is 63.8 cm³/mol. The number of benzene rings is 1. The van der Waals surface area contributed by atoms with Crippen molar-refractivity contribution in [3.8, 4) is 0 Å². The zero-order valence-corrected chi connectivity index (χ0v) is 10.7. The second kappa shape index (κ2) is 4.65. The maximum absolute atomic E-state index is 9.90. The van der Waals surface area contributed by atoms with Crippen LogP contribution in [0.2, 0.25) is 5.02 Å². The molecule has 0 saturated heterocycles. The van der Waals surface area contributed by atoms with Gasteiger partial charge in [0.15, 0.2) is 0 Å². The van der Waals surface area contributed by atoms with E-state index < -0.39 is 5.60 Å². The smallest absolute Gasteiger partial charge is 0.0657 e. The fraction of sp³-hybridized carbons (Fsp3) is 0.455. The molecule has 1 aromatic carbocycles. The van der Waals surface area contributed by atoms with Crippen molar-refractivity contribution >= 4 is 27.5 Å². The molecule has 1 atom stereocenters. The average Bonchev–Trinajstić information content (AvgIpc) is 2.10. The Morgan fingerprint density at radius 1 is 1.50 bits per heavy atom. The molecule has 3 heteroatoms. The second-order valence-corrected chi connectivity index (χ2v) is 5.09. The largest absolute Gasteiger partial charge is 0.390 e. The van der Waals surface area contributed by atoms with Crippen LogP contribution in [-0.2, 0) is 6.42 Å². The number of hydrogen-bond donors (Lipinski definition) is 1. The highest BCUT2D eigenvalue weighted by Crippen LogP contribution is 2.25. The van der Waals surface area contributed by atoms with Gasteiger partial charge in [-0.05, 0) is 31.0 Å². The summed E-state index contributed by atoms with van der Waals surface area (Å²) in [5, 5.41) is 10.6. The minimum Gasteiger partial charge on any atom is -0.390 e. The van der Waals surface area contributed by atoms with Gasteiger partial charge in [-0.1, -0.05) is 40.5 Å². The number of aliphatic hydroxyl groups is 1. The molecule has 0 aliphatic heterocycles. The van der Waals surface area contributed by atoms with E-state index in [4.69, 9.17) is 11.6 Å². The molecular formula is C11H14BrClO. The van der Waals surface area contributed by atoms with Gasteiger partial charge in [0.1, 0.15) is 0 Å². The van der Waals surface area contributed by atoms with Crippen LogP contribution >= 0.6 is 27.5 Å². The summed E-state index contributed by atoms with van der Waals surface area (Å²) in [5.74, 6) is 0. The maximum atomic E-state index is 9.90. The van der Waals surface area contributed by atoms with E-state index in [2.05, 4.69) is 15.9 Å². The molecule has 0 aromatic heterocycles. The second-order valence-electron chi connectivity index (χ2n) is 3.76. The van der Waals surface area contributed by atoms with Crippen LogP contribution in [0.4, 0.5) is 0 Å². The van der Waals surface area contributed by atoms with Gasteiger partial charge >= 0.3 is 0 Å². The van der Waals surface area contributed by atoms with Crippen LogP contribution in [0, 0.1) is 0 Å². The zero-order valence-electron chi connectivity index (χ0n) is 8.35. The number of rotatable bonds is 3. The van der Waals surface area contributed by atoms with Gasteiger partial charge in [-0.2, -0.15) is 0 Å². The van der Waals surface area contributed by atoms with Crippen LogP contribution < -0.4 is 0 Å². The molecule has 1 aromatic rings. The minimum atomic E-state index is -0.669. The van der Waals surface area contributed by atoms with Crippen LogP contribution in [0.25, 0.3) is 0 Å². The van der Waals surface area contributed by atoms with Crippen LogP contribution in [-0.4, -0.2) is 10.7 Å². The SMILES string of the molecule is CCC(C)(O)Cc1ccc(Br)cc1Cl. The van der Waals surface area contributed by atoms with E-state index in [9.17, 15) is 5.11 Å². The van der Waals surface area contributed by atoms with E-state index in [0.29, 0.717) is 11.4 Å². The van der Waals surface area contributed by atoms with Crippen LogP contribution in [0.5, 0.6) is 0 Å². The highest BCUT2D eigenvalue weighted by Gasteiger charge is 2.19. The van der Waals surface area contributed by atoms with E-state index in [1.807, 2.05) is 32.0 Å². The first kappa shape index (κ1) is 12.0. The molecule has 0 saturated carbocycles. The first-order valence-electron chi connectivity index (χ1n) is 4.61. The molecule has 0 radical (unpaired) electrons. The van der Waals surface area contributed by atoms with E-state index in [0.717, 1.165) is 16.5 Å². The van der Waals surface area contributed by atoms with Gasteiger partial charge in [0.25, 0.3) is 0 Å². The Labute approximate surface area is 98.2 Å². The van der Waals surface area contributed by atoms with E-state index >= 15 is 0 Å². The summed E-state index contributed by atoms with van der Waals surface area (Å²) in [6.45, 7) is 3.79. The standard InChI is InChI=1S/C11H14BrClO/c1-3-11(2,14)7-8-4-5-9(12)6-10(8)13/h4-6,14H,3,7H2,1-2H3. The summed E-state index contributed by atoms with van der Waals surface area (Å²) in [7, 11) is 0. The monoisotopic (exact) mass is 276 g/mol. The third-order valence-corrected chi connectivity index (χ3v) is 3.19. The normalized spacial score (nSPS) is 15.2. The lowest BCUT2D eigenvalue weighted by molar-refractivity contribution is 0.0565. The topological polar surface area (TPSA) is 20.2 Å². The van der Waals surface area contributed by atoms with Crippen molar-refractivity contribution in [2.45, 2.75) is 32.3 Å². The molecule has 1 nitrogen and oxygen atoms in total.